The van der Waals surface area contributed by atoms with Gasteiger partial charge in [-0.2, -0.15) is 0 Å². The van der Waals surface area contributed by atoms with Gasteiger partial charge in [-0.05, 0) is 18.6 Å². The Morgan fingerprint density at radius 1 is 1.33 bits per heavy atom. The predicted octanol–water partition coefficient (Wildman–Crippen LogP) is 3.15. The molecule has 0 saturated heterocycles. The number of rotatable bonds is 4. The van der Waals surface area contributed by atoms with Gasteiger partial charge < -0.3 is 10.7 Å². The van der Waals surface area contributed by atoms with Crippen molar-refractivity contribution in [3.05, 3.63) is 41.9 Å². The molecule has 3 nitrogen and oxygen atoms in total. The van der Waals surface area contributed by atoms with E-state index in [4.69, 9.17) is 5.73 Å². The van der Waals surface area contributed by atoms with E-state index in [1.807, 2.05) is 6.92 Å². The third-order valence-electron chi connectivity index (χ3n) is 2.78. The molecule has 1 heterocycles. The van der Waals surface area contributed by atoms with Crippen LogP contribution < -0.4 is 5.73 Å². The Bertz CT molecular complexity index is 517. The number of imidazole rings is 1. The lowest BCUT2D eigenvalue weighted by molar-refractivity contribution is 0.587. The zero-order valence-electron chi connectivity index (χ0n) is 10.1. The van der Waals surface area contributed by atoms with E-state index in [0.717, 1.165) is 12.8 Å². The second-order valence-electron chi connectivity index (χ2n) is 4.17. The Kier molecular flexibility index (Phi) is 3.72. The lowest BCUT2D eigenvalue weighted by Gasteiger charge is -2.06. The van der Waals surface area contributed by atoms with E-state index in [1.165, 1.54) is 24.4 Å². The van der Waals surface area contributed by atoms with Crippen LogP contribution in [0, 0.1) is 11.6 Å². The minimum absolute atomic E-state index is 0.0973. The molecule has 0 spiro atoms. The Labute approximate surface area is 104 Å². The van der Waals surface area contributed by atoms with Gasteiger partial charge in [0.15, 0.2) is 0 Å². The van der Waals surface area contributed by atoms with Crippen LogP contribution in [0.4, 0.5) is 8.78 Å². The van der Waals surface area contributed by atoms with Crippen LogP contribution in [0.5, 0.6) is 0 Å². The summed E-state index contributed by atoms with van der Waals surface area (Å²) in [5, 5.41) is 0. The fourth-order valence-electron chi connectivity index (χ4n) is 1.85. The lowest BCUT2D eigenvalue weighted by atomic mass is 10.1. The molecule has 0 radical (unpaired) electrons. The molecule has 2 aromatic rings. The van der Waals surface area contributed by atoms with Crippen molar-refractivity contribution in [2.24, 2.45) is 5.73 Å². The molecule has 0 aliphatic heterocycles. The van der Waals surface area contributed by atoms with Gasteiger partial charge in [0.2, 0.25) is 0 Å². The second kappa shape index (κ2) is 5.27. The van der Waals surface area contributed by atoms with Crippen LogP contribution in [0.3, 0.4) is 0 Å². The van der Waals surface area contributed by atoms with Crippen molar-refractivity contribution in [1.82, 2.24) is 9.97 Å². The Hall–Kier alpha value is -1.75. The van der Waals surface area contributed by atoms with Crippen LogP contribution in [0.2, 0.25) is 0 Å². The fourth-order valence-corrected chi connectivity index (χ4v) is 1.85. The minimum Gasteiger partial charge on any atom is -0.341 e. The molecule has 0 saturated carbocycles. The van der Waals surface area contributed by atoms with Crippen molar-refractivity contribution >= 4 is 0 Å². The summed E-state index contributed by atoms with van der Waals surface area (Å²) in [5.74, 6) is -0.682. The highest BCUT2D eigenvalue weighted by Crippen LogP contribution is 2.25. The number of hydrogen-bond donors (Lipinski definition) is 2. The van der Waals surface area contributed by atoms with Crippen molar-refractivity contribution in [2.45, 2.75) is 25.8 Å². The molecule has 1 atom stereocenters. The van der Waals surface area contributed by atoms with Gasteiger partial charge in [-0.1, -0.05) is 19.4 Å². The minimum atomic E-state index is -0.616. The highest BCUT2D eigenvalue weighted by atomic mass is 19.1. The number of H-pyrrole nitrogens is 1. The summed E-state index contributed by atoms with van der Waals surface area (Å²) in [6, 6.07) is 3.52. The van der Waals surface area contributed by atoms with Gasteiger partial charge >= 0.3 is 0 Å². The zero-order chi connectivity index (χ0) is 13.1. The molecule has 1 unspecified atom stereocenters. The van der Waals surface area contributed by atoms with Crippen molar-refractivity contribution in [3.8, 4) is 11.3 Å². The fraction of sp³-hybridized carbons (Fsp3) is 0.308. The van der Waals surface area contributed by atoms with E-state index >= 15 is 0 Å². The van der Waals surface area contributed by atoms with Crippen LogP contribution in [0.15, 0.2) is 24.4 Å². The van der Waals surface area contributed by atoms with Crippen LogP contribution in [-0.4, -0.2) is 9.97 Å². The predicted molar refractivity (Wildman–Crippen MR) is 65.8 cm³/mol. The summed E-state index contributed by atoms with van der Waals surface area (Å²) in [7, 11) is 0. The van der Waals surface area contributed by atoms with E-state index < -0.39 is 11.6 Å². The molecule has 2 rings (SSSR count). The largest absolute Gasteiger partial charge is 0.341 e. The number of halogens is 2. The molecule has 1 aromatic carbocycles. The molecular formula is C13H15F2N3. The van der Waals surface area contributed by atoms with E-state index in [2.05, 4.69) is 9.97 Å². The van der Waals surface area contributed by atoms with E-state index in [9.17, 15) is 8.78 Å². The highest BCUT2D eigenvalue weighted by molar-refractivity contribution is 5.60. The highest BCUT2D eigenvalue weighted by Gasteiger charge is 2.15. The van der Waals surface area contributed by atoms with E-state index in [1.54, 1.807) is 0 Å². The van der Waals surface area contributed by atoms with Crippen molar-refractivity contribution in [2.75, 3.05) is 0 Å². The zero-order valence-corrected chi connectivity index (χ0v) is 10.1. The summed E-state index contributed by atoms with van der Waals surface area (Å²) in [4.78, 5) is 6.96. The van der Waals surface area contributed by atoms with Crippen LogP contribution in [0.1, 0.15) is 31.6 Å². The summed E-state index contributed by atoms with van der Waals surface area (Å²) in [6.45, 7) is 2.01. The molecule has 0 bridgehead atoms. The molecule has 0 aliphatic carbocycles. The molecular weight excluding hydrogens is 236 g/mol. The number of aromatic nitrogens is 2. The molecule has 5 heteroatoms. The smallest absolute Gasteiger partial charge is 0.135 e. The molecule has 0 aliphatic rings. The molecule has 3 N–H and O–H groups in total. The topological polar surface area (TPSA) is 54.7 Å². The summed E-state index contributed by atoms with van der Waals surface area (Å²) in [5.41, 5.74) is 6.11. The third-order valence-corrected chi connectivity index (χ3v) is 2.78. The van der Waals surface area contributed by atoms with Crippen LogP contribution in [-0.2, 0) is 0 Å². The first kappa shape index (κ1) is 12.7. The number of nitrogens with one attached hydrogen (secondary N) is 1. The monoisotopic (exact) mass is 251 g/mol. The number of aromatic amines is 1. The maximum atomic E-state index is 13.6. The molecule has 1 aromatic heterocycles. The molecule has 0 amide bonds. The Morgan fingerprint density at radius 3 is 2.61 bits per heavy atom. The van der Waals surface area contributed by atoms with Gasteiger partial charge in [0, 0.05) is 0 Å². The summed E-state index contributed by atoms with van der Waals surface area (Å²) < 4.78 is 27.2. The molecule has 0 fully saturated rings. The number of hydrogen-bond acceptors (Lipinski definition) is 2. The van der Waals surface area contributed by atoms with Gasteiger partial charge in [-0.3, -0.25) is 0 Å². The molecule has 96 valence electrons. The van der Waals surface area contributed by atoms with Gasteiger partial charge in [0.1, 0.15) is 17.5 Å². The first-order chi connectivity index (χ1) is 8.63. The lowest BCUT2D eigenvalue weighted by Crippen LogP contribution is -2.11. The SMILES string of the molecule is CCCC(N)c1ncc(-c2c(F)cccc2F)[nH]1. The molecule has 18 heavy (non-hydrogen) atoms. The quantitative estimate of drug-likeness (QED) is 0.877. The Morgan fingerprint density at radius 2 is 2.00 bits per heavy atom. The van der Waals surface area contributed by atoms with Gasteiger partial charge in [-0.25, -0.2) is 13.8 Å². The Balaban J connectivity index is 2.35. The number of nitrogens with zero attached hydrogens (tertiary/aromatic N) is 1. The van der Waals surface area contributed by atoms with E-state index in [-0.39, 0.29) is 11.6 Å². The van der Waals surface area contributed by atoms with Gasteiger partial charge in [0.05, 0.1) is 23.5 Å². The average Bonchev–Trinajstić information content (AvgIpc) is 2.78. The normalized spacial score (nSPS) is 12.7. The van der Waals surface area contributed by atoms with Crippen LogP contribution in [0.25, 0.3) is 11.3 Å². The average molecular weight is 251 g/mol. The first-order valence-electron chi connectivity index (χ1n) is 5.88. The maximum absolute atomic E-state index is 13.6. The summed E-state index contributed by atoms with van der Waals surface area (Å²) in [6.07, 6.45) is 3.10. The summed E-state index contributed by atoms with van der Waals surface area (Å²) >= 11 is 0. The van der Waals surface area contributed by atoms with Crippen molar-refractivity contribution in [3.63, 3.8) is 0 Å². The third kappa shape index (κ3) is 2.41. The van der Waals surface area contributed by atoms with Crippen molar-refractivity contribution < 1.29 is 8.78 Å². The second-order valence-corrected chi connectivity index (χ2v) is 4.17. The number of nitrogens with two attached hydrogens (primary N) is 1. The maximum Gasteiger partial charge on any atom is 0.135 e. The standard InChI is InChI=1S/C13H15F2N3/c1-2-4-10(16)13-17-7-11(18-13)12-8(14)5-3-6-9(12)15/h3,5-7,10H,2,4,16H2,1H3,(H,17,18). The first-order valence-corrected chi connectivity index (χ1v) is 5.88. The van der Waals surface area contributed by atoms with Crippen LogP contribution >= 0.6 is 0 Å². The van der Waals surface area contributed by atoms with Gasteiger partial charge in [-0.15, -0.1) is 0 Å². The number of benzene rings is 1. The van der Waals surface area contributed by atoms with Gasteiger partial charge in [0.25, 0.3) is 0 Å². The van der Waals surface area contributed by atoms with Crippen molar-refractivity contribution in [1.29, 1.82) is 0 Å². The van der Waals surface area contributed by atoms with E-state index in [0.29, 0.717) is 11.5 Å².